The van der Waals surface area contributed by atoms with Crippen molar-refractivity contribution in [1.82, 2.24) is 5.32 Å². The zero-order valence-electron chi connectivity index (χ0n) is 15.4. The molecule has 0 unspecified atom stereocenters. The molecule has 0 atom stereocenters. The SMILES string of the molecule is CC(NC(=O)Cc1ccc2c(c1)CCO2)(c1ccccc1)c1ccccc1. The van der Waals surface area contributed by atoms with E-state index in [1.807, 2.05) is 48.5 Å². The number of hydrogen-bond acceptors (Lipinski definition) is 2. The molecule has 1 amide bonds. The highest BCUT2D eigenvalue weighted by atomic mass is 16.5. The molecular formula is C24H23NO2. The summed E-state index contributed by atoms with van der Waals surface area (Å²) in [4.78, 5) is 12.9. The molecule has 0 saturated carbocycles. The van der Waals surface area contributed by atoms with E-state index in [1.54, 1.807) is 0 Å². The maximum atomic E-state index is 12.9. The van der Waals surface area contributed by atoms with Crippen LogP contribution in [0.2, 0.25) is 0 Å². The van der Waals surface area contributed by atoms with Gasteiger partial charge in [0.1, 0.15) is 5.75 Å². The Balaban J connectivity index is 1.59. The highest BCUT2D eigenvalue weighted by molar-refractivity contribution is 5.80. The first-order chi connectivity index (χ1) is 13.1. The Hall–Kier alpha value is -3.07. The lowest BCUT2D eigenvalue weighted by Gasteiger charge is -2.32. The number of carbonyl (C=O) groups is 1. The maximum absolute atomic E-state index is 12.9. The van der Waals surface area contributed by atoms with Crippen LogP contribution >= 0.6 is 0 Å². The molecule has 3 nitrogen and oxygen atoms in total. The molecule has 27 heavy (non-hydrogen) atoms. The standard InChI is InChI=1S/C24H23NO2/c1-24(20-8-4-2-5-9-20,21-10-6-3-7-11-21)25-23(26)17-18-12-13-22-19(16-18)14-15-27-22/h2-13,16H,14-15,17H2,1H3,(H,25,26). The van der Waals surface area contributed by atoms with Crippen LogP contribution in [0.1, 0.15) is 29.2 Å². The van der Waals surface area contributed by atoms with Crippen LogP contribution in [0.5, 0.6) is 5.75 Å². The van der Waals surface area contributed by atoms with Gasteiger partial charge in [0.25, 0.3) is 0 Å². The van der Waals surface area contributed by atoms with E-state index in [0.29, 0.717) is 6.42 Å². The second-order valence-corrected chi connectivity index (χ2v) is 7.12. The molecule has 1 N–H and O–H groups in total. The van der Waals surface area contributed by atoms with Crippen LogP contribution in [0, 0.1) is 0 Å². The molecule has 3 heteroatoms. The number of nitrogens with one attached hydrogen (secondary N) is 1. The van der Waals surface area contributed by atoms with Crippen molar-refractivity contribution in [2.45, 2.75) is 25.3 Å². The fourth-order valence-corrected chi connectivity index (χ4v) is 3.71. The Morgan fingerprint density at radius 2 is 1.59 bits per heavy atom. The monoisotopic (exact) mass is 357 g/mol. The van der Waals surface area contributed by atoms with E-state index in [9.17, 15) is 4.79 Å². The molecule has 4 rings (SSSR count). The van der Waals surface area contributed by atoms with Crippen LogP contribution in [-0.4, -0.2) is 12.5 Å². The van der Waals surface area contributed by atoms with Crippen molar-refractivity contribution >= 4 is 5.91 Å². The first-order valence-corrected chi connectivity index (χ1v) is 9.32. The quantitative estimate of drug-likeness (QED) is 0.742. The summed E-state index contributed by atoms with van der Waals surface area (Å²) in [6.07, 6.45) is 1.26. The molecular weight excluding hydrogens is 334 g/mol. The van der Waals surface area contributed by atoms with Crippen molar-refractivity contribution in [2.75, 3.05) is 6.61 Å². The van der Waals surface area contributed by atoms with E-state index < -0.39 is 5.54 Å². The van der Waals surface area contributed by atoms with E-state index in [-0.39, 0.29) is 5.91 Å². The van der Waals surface area contributed by atoms with Crippen LogP contribution in [0.3, 0.4) is 0 Å². The number of hydrogen-bond donors (Lipinski definition) is 1. The fourth-order valence-electron chi connectivity index (χ4n) is 3.71. The van der Waals surface area contributed by atoms with Crippen molar-refractivity contribution in [2.24, 2.45) is 0 Å². The second kappa shape index (κ2) is 7.28. The van der Waals surface area contributed by atoms with Gasteiger partial charge in [-0.3, -0.25) is 4.79 Å². The maximum Gasteiger partial charge on any atom is 0.225 e. The summed E-state index contributed by atoms with van der Waals surface area (Å²) in [5.41, 5.74) is 3.74. The van der Waals surface area contributed by atoms with Crippen molar-refractivity contribution in [3.63, 3.8) is 0 Å². The summed E-state index contributed by atoms with van der Waals surface area (Å²) in [5, 5.41) is 3.27. The van der Waals surface area contributed by atoms with E-state index in [4.69, 9.17) is 4.74 Å². The number of carbonyl (C=O) groups excluding carboxylic acids is 1. The minimum atomic E-state index is -0.584. The molecule has 0 bridgehead atoms. The van der Waals surface area contributed by atoms with Crippen molar-refractivity contribution < 1.29 is 9.53 Å². The Morgan fingerprint density at radius 3 is 2.22 bits per heavy atom. The zero-order valence-corrected chi connectivity index (χ0v) is 15.4. The predicted octanol–water partition coefficient (Wildman–Crippen LogP) is 4.24. The molecule has 0 fully saturated rings. The van der Waals surface area contributed by atoms with Crippen LogP contribution in [-0.2, 0) is 23.2 Å². The molecule has 1 heterocycles. The summed E-state index contributed by atoms with van der Waals surface area (Å²) in [5.74, 6) is 0.946. The van der Waals surface area contributed by atoms with Crippen molar-refractivity contribution in [1.29, 1.82) is 0 Å². The highest BCUT2D eigenvalue weighted by Gasteiger charge is 2.30. The van der Waals surface area contributed by atoms with E-state index in [1.165, 1.54) is 5.56 Å². The Bertz CT molecular complexity index is 896. The molecule has 3 aromatic rings. The van der Waals surface area contributed by atoms with Gasteiger partial charge in [-0.15, -0.1) is 0 Å². The van der Waals surface area contributed by atoms with Gasteiger partial charge in [-0.05, 0) is 35.2 Å². The summed E-state index contributed by atoms with van der Waals surface area (Å²) < 4.78 is 5.55. The number of amides is 1. The Kier molecular flexibility index (Phi) is 4.68. The number of benzene rings is 3. The van der Waals surface area contributed by atoms with E-state index in [0.717, 1.165) is 35.5 Å². The fraction of sp³-hybridized carbons (Fsp3) is 0.208. The lowest BCUT2D eigenvalue weighted by atomic mass is 9.84. The summed E-state index contributed by atoms with van der Waals surface area (Å²) >= 11 is 0. The zero-order chi connectivity index (χ0) is 18.7. The number of rotatable bonds is 5. The summed E-state index contributed by atoms with van der Waals surface area (Å²) in [7, 11) is 0. The lowest BCUT2D eigenvalue weighted by Crippen LogP contribution is -2.45. The Labute approximate surface area is 160 Å². The van der Waals surface area contributed by atoms with Gasteiger partial charge < -0.3 is 10.1 Å². The topological polar surface area (TPSA) is 38.3 Å². The molecule has 3 aromatic carbocycles. The van der Waals surface area contributed by atoms with Crippen LogP contribution in [0.4, 0.5) is 0 Å². The van der Waals surface area contributed by atoms with Gasteiger partial charge in [0.15, 0.2) is 0 Å². The molecule has 1 aliphatic heterocycles. The van der Waals surface area contributed by atoms with Crippen molar-refractivity contribution in [3.05, 3.63) is 101 Å². The van der Waals surface area contributed by atoms with Crippen LogP contribution in [0.15, 0.2) is 78.9 Å². The average Bonchev–Trinajstić information content (AvgIpc) is 3.17. The molecule has 0 aliphatic carbocycles. The van der Waals surface area contributed by atoms with Gasteiger partial charge in [-0.25, -0.2) is 0 Å². The largest absolute Gasteiger partial charge is 0.493 e. The lowest BCUT2D eigenvalue weighted by molar-refractivity contribution is -0.121. The summed E-state index contributed by atoms with van der Waals surface area (Å²) in [6, 6.07) is 26.3. The van der Waals surface area contributed by atoms with Gasteiger partial charge in [0, 0.05) is 6.42 Å². The molecule has 0 aromatic heterocycles. The third kappa shape index (κ3) is 3.59. The average molecular weight is 357 g/mol. The van der Waals surface area contributed by atoms with E-state index >= 15 is 0 Å². The molecule has 1 aliphatic rings. The number of ether oxygens (including phenoxy) is 1. The minimum absolute atomic E-state index is 0.00377. The molecule has 0 radical (unpaired) electrons. The van der Waals surface area contributed by atoms with Crippen molar-refractivity contribution in [3.8, 4) is 5.75 Å². The highest BCUT2D eigenvalue weighted by Crippen LogP contribution is 2.30. The third-order valence-electron chi connectivity index (χ3n) is 5.21. The predicted molar refractivity (Wildman–Crippen MR) is 107 cm³/mol. The molecule has 136 valence electrons. The smallest absolute Gasteiger partial charge is 0.225 e. The minimum Gasteiger partial charge on any atom is -0.493 e. The van der Waals surface area contributed by atoms with Gasteiger partial charge in [-0.2, -0.15) is 0 Å². The molecule has 0 spiro atoms. The van der Waals surface area contributed by atoms with E-state index in [2.05, 4.69) is 42.6 Å². The normalized spacial score (nSPS) is 12.9. The third-order valence-corrected chi connectivity index (χ3v) is 5.21. The van der Waals surface area contributed by atoms with Gasteiger partial charge in [0.2, 0.25) is 5.91 Å². The number of fused-ring (bicyclic) bond motifs is 1. The van der Waals surface area contributed by atoms with Gasteiger partial charge >= 0.3 is 0 Å². The second-order valence-electron chi connectivity index (χ2n) is 7.12. The first-order valence-electron chi connectivity index (χ1n) is 9.32. The summed E-state index contributed by atoms with van der Waals surface area (Å²) in [6.45, 7) is 2.79. The van der Waals surface area contributed by atoms with Crippen LogP contribution < -0.4 is 10.1 Å². The van der Waals surface area contributed by atoms with Gasteiger partial charge in [0.05, 0.1) is 18.6 Å². The first kappa shape index (κ1) is 17.3. The van der Waals surface area contributed by atoms with Gasteiger partial charge in [-0.1, -0.05) is 72.8 Å². The molecule has 0 saturated heterocycles. The Morgan fingerprint density at radius 1 is 0.963 bits per heavy atom. The van der Waals surface area contributed by atoms with Crippen LogP contribution in [0.25, 0.3) is 0 Å².